The summed E-state index contributed by atoms with van der Waals surface area (Å²) in [4.78, 5) is 7.95. The largest absolute Gasteiger partial charge is 0.306 e. The van der Waals surface area contributed by atoms with Gasteiger partial charge in [-0.15, -0.1) is 0 Å². The van der Waals surface area contributed by atoms with E-state index >= 15 is 0 Å². The molecular weight excluding hydrogens is 234 g/mol. The zero-order valence-corrected chi connectivity index (χ0v) is 12.9. The summed E-state index contributed by atoms with van der Waals surface area (Å²) in [7, 11) is 2.26. The van der Waals surface area contributed by atoms with E-state index in [9.17, 15) is 0 Å². The Bertz CT molecular complexity index is 272. The lowest BCUT2D eigenvalue weighted by atomic mass is 9.92. The van der Waals surface area contributed by atoms with Gasteiger partial charge in [0.25, 0.3) is 0 Å². The molecule has 3 heteroatoms. The molecule has 110 valence electrons. The molecule has 3 aliphatic heterocycles. The van der Waals surface area contributed by atoms with E-state index in [1.807, 2.05) is 0 Å². The molecule has 0 unspecified atom stereocenters. The van der Waals surface area contributed by atoms with E-state index in [0.717, 1.165) is 17.9 Å². The molecule has 3 aliphatic rings. The lowest BCUT2D eigenvalue weighted by Gasteiger charge is -2.46. The first-order valence-corrected chi connectivity index (χ1v) is 8.35. The minimum Gasteiger partial charge on any atom is -0.306 e. The Balaban J connectivity index is 1.36. The summed E-state index contributed by atoms with van der Waals surface area (Å²) in [5, 5.41) is 0. The van der Waals surface area contributed by atoms with Crippen LogP contribution in [0.15, 0.2) is 0 Å². The first kappa shape index (κ1) is 13.8. The fraction of sp³-hybridized carbons (Fsp3) is 1.00. The number of nitrogens with zero attached hydrogens (tertiary/aromatic N) is 3. The van der Waals surface area contributed by atoms with Crippen molar-refractivity contribution in [2.45, 2.75) is 38.6 Å². The molecule has 3 fully saturated rings. The molecule has 3 saturated heterocycles. The molecule has 0 aromatic carbocycles. The van der Waals surface area contributed by atoms with Crippen molar-refractivity contribution < 1.29 is 0 Å². The van der Waals surface area contributed by atoms with E-state index in [-0.39, 0.29) is 0 Å². The third kappa shape index (κ3) is 3.50. The summed E-state index contributed by atoms with van der Waals surface area (Å²) < 4.78 is 0. The highest BCUT2D eigenvalue weighted by atomic mass is 15.2. The van der Waals surface area contributed by atoms with Crippen LogP contribution in [0.1, 0.15) is 32.6 Å². The van der Waals surface area contributed by atoms with Crippen molar-refractivity contribution in [3.05, 3.63) is 0 Å². The van der Waals surface area contributed by atoms with Crippen LogP contribution in [0, 0.1) is 11.8 Å². The average Bonchev–Trinajstić information content (AvgIpc) is 2.39. The molecule has 0 amide bonds. The monoisotopic (exact) mass is 265 g/mol. The molecule has 0 aliphatic carbocycles. The number of piperidine rings is 2. The Hall–Kier alpha value is -0.120. The Kier molecular flexibility index (Phi) is 4.45. The van der Waals surface area contributed by atoms with E-state index < -0.39 is 0 Å². The minimum absolute atomic E-state index is 0.907. The molecule has 3 heterocycles. The van der Waals surface area contributed by atoms with Gasteiger partial charge in [0.15, 0.2) is 0 Å². The van der Waals surface area contributed by atoms with Crippen LogP contribution in [-0.2, 0) is 0 Å². The number of likely N-dealkylation sites (tertiary alicyclic amines) is 3. The van der Waals surface area contributed by atoms with Gasteiger partial charge in [-0.05, 0) is 70.7 Å². The van der Waals surface area contributed by atoms with Crippen molar-refractivity contribution in [1.29, 1.82) is 0 Å². The summed E-state index contributed by atoms with van der Waals surface area (Å²) in [6.45, 7) is 11.8. The first-order valence-electron chi connectivity index (χ1n) is 8.35. The van der Waals surface area contributed by atoms with Gasteiger partial charge in [-0.2, -0.15) is 0 Å². The fourth-order valence-electron chi connectivity index (χ4n) is 4.12. The highest BCUT2D eigenvalue weighted by molar-refractivity contribution is 4.87. The van der Waals surface area contributed by atoms with Gasteiger partial charge in [-0.1, -0.05) is 6.92 Å². The average molecular weight is 265 g/mol. The van der Waals surface area contributed by atoms with Crippen LogP contribution in [0.2, 0.25) is 0 Å². The highest BCUT2D eigenvalue weighted by Crippen LogP contribution is 2.26. The van der Waals surface area contributed by atoms with E-state index in [2.05, 4.69) is 28.7 Å². The van der Waals surface area contributed by atoms with Crippen molar-refractivity contribution in [3.8, 4) is 0 Å². The number of hydrogen-bond donors (Lipinski definition) is 0. The van der Waals surface area contributed by atoms with Gasteiger partial charge in [0.2, 0.25) is 0 Å². The molecule has 0 bridgehead atoms. The van der Waals surface area contributed by atoms with Crippen LogP contribution >= 0.6 is 0 Å². The lowest BCUT2D eigenvalue weighted by Crippen LogP contribution is -2.54. The smallest absolute Gasteiger partial charge is 0.0120 e. The number of rotatable bonds is 3. The van der Waals surface area contributed by atoms with Gasteiger partial charge < -0.3 is 9.80 Å². The Labute approximate surface area is 118 Å². The standard InChI is InChI=1S/C16H31N3/c1-14-11-19(12-14)16-5-9-18(10-6-16)13-15-3-7-17(2)8-4-15/h14-16H,3-13H2,1-2H3. The Morgan fingerprint density at radius 2 is 1.53 bits per heavy atom. The van der Waals surface area contributed by atoms with Crippen molar-refractivity contribution in [1.82, 2.24) is 14.7 Å². The molecule has 0 spiro atoms. The second-order valence-corrected chi connectivity index (χ2v) is 7.34. The fourth-order valence-corrected chi connectivity index (χ4v) is 4.12. The minimum atomic E-state index is 0.907. The second kappa shape index (κ2) is 6.11. The van der Waals surface area contributed by atoms with E-state index in [1.54, 1.807) is 0 Å². The normalized spacial score (nSPS) is 30.6. The third-order valence-electron chi connectivity index (χ3n) is 5.52. The summed E-state index contributed by atoms with van der Waals surface area (Å²) in [5.41, 5.74) is 0. The molecule has 3 nitrogen and oxygen atoms in total. The maximum Gasteiger partial charge on any atom is 0.0120 e. The Morgan fingerprint density at radius 1 is 0.895 bits per heavy atom. The van der Waals surface area contributed by atoms with Gasteiger partial charge in [0, 0.05) is 25.7 Å². The van der Waals surface area contributed by atoms with Crippen LogP contribution in [-0.4, -0.2) is 73.6 Å². The van der Waals surface area contributed by atoms with Gasteiger partial charge >= 0.3 is 0 Å². The predicted octanol–water partition coefficient (Wildman–Crippen LogP) is 1.74. The molecule has 0 radical (unpaired) electrons. The summed E-state index contributed by atoms with van der Waals surface area (Å²) in [5.74, 6) is 1.93. The van der Waals surface area contributed by atoms with Crippen molar-refractivity contribution in [2.75, 3.05) is 52.9 Å². The molecule has 0 atom stereocenters. The van der Waals surface area contributed by atoms with Crippen molar-refractivity contribution >= 4 is 0 Å². The molecular formula is C16H31N3. The maximum atomic E-state index is 2.75. The van der Waals surface area contributed by atoms with Crippen LogP contribution in [0.25, 0.3) is 0 Å². The zero-order valence-electron chi connectivity index (χ0n) is 12.9. The van der Waals surface area contributed by atoms with Crippen molar-refractivity contribution in [3.63, 3.8) is 0 Å². The second-order valence-electron chi connectivity index (χ2n) is 7.34. The topological polar surface area (TPSA) is 9.72 Å². The van der Waals surface area contributed by atoms with Gasteiger partial charge in [0.1, 0.15) is 0 Å². The summed E-state index contributed by atoms with van der Waals surface area (Å²) >= 11 is 0. The van der Waals surface area contributed by atoms with Crippen LogP contribution in [0.4, 0.5) is 0 Å². The van der Waals surface area contributed by atoms with Crippen molar-refractivity contribution in [2.24, 2.45) is 11.8 Å². The van der Waals surface area contributed by atoms with Gasteiger partial charge in [-0.25, -0.2) is 0 Å². The molecule has 3 rings (SSSR count). The first-order chi connectivity index (χ1) is 9.20. The predicted molar refractivity (Wildman–Crippen MR) is 80.4 cm³/mol. The SMILES string of the molecule is CC1CN(C2CCN(CC3CCN(C)CC3)CC2)C1. The van der Waals surface area contributed by atoms with Crippen LogP contribution in [0.3, 0.4) is 0 Å². The Morgan fingerprint density at radius 3 is 2.11 bits per heavy atom. The maximum absolute atomic E-state index is 2.75. The van der Waals surface area contributed by atoms with E-state index in [4.69, 9.17) is 0 Å². The lowest BCUT2D eigenvalue weighted by molar-refractivity contribution is 0.0216. The third-order valence-corrected chi connectivity index (χ3v) is 5.52. The van der Waals surface area contributed by atoms with Crippen LogP contribution in [0.5, 0.6) is 0 Å². The van der Waals surface area contributed by atoms with E-state index in [0.29, 0.717) is 0 Å². The molecule has 19 heavy (non-hydrogen) atoms. The number of hydrogen-bond acceptors (Lipinski definition) is 3. The molecule has 0 saturated carbocycles. The van der Waals surface area contributed by atoms with Crippen LogP contribution < -0.4 is 0 Å². The van der Waals surface area contributed by atoms with E-state index in [1.165, 1.54) is 71.5 Å². The van der Waals surface area contributed by atoms with Gasteiger partial charge in [0.05, 0.1) is 0 Å². The molecule has 0 aromatic heterocycles. The molecule has 0 N–H and O–H groups in total. The molecule has 0 aromatic rings. The summed E-state index contributed by atoms with van der Waals surface area (Å²) in [6, 6.07) is 0.907. The quantitative estimate of drug-likeness (QED) is 0.770. The zero-order chi connectivity index (χ0) is 13.2. The highest BCUT2D eigenvalue weighted by Gasteiger charge is 2.32. The van der Waals surface area contributed by atoms with Gasteiger partial charge in [-0.3, -0.25) is 4.90 Å². The summed E-state index contributed by atoms with van der Waals surface area (Å²) in [6.07, 6.45) is 5.67.